The SMILES string of the molecule is CCc1ccc([C@H](NC(=O)COC(=O)c2ccc[nH]2)C(C)C)cc1. The summed E-state index contributed by atoms with van der Waals surface area (Å²) >= 11 is 0. The number of carbonyl (C=O) groups excluding carboxylic acids is 2. The van der Waals surface area contributed by atoms with Gasteiger partial charge in [-0.2, -0.15) is 0 Å². The largest absolute Gasteiger partial charge is 0.451 e. The summed E-state index contributed by atoms with van der Waals surface area (Å²) in [4.78, 5) is 26.6. The van der Waals surface area contributed by atoms with E-state index in [0.29, 0.717) is 5.69 Å². The van der Waals surface area contributed by atoms with Crippen molar-refractivity contribution in [3.63, 3.8) is 0 Å². The average Bonchev–Trinajstić information content (AvgIpc) is 3.12. The predicted octanol–water partition coefficient (Wildman–Crippen LogP) is 3.25. The molecule has 1 amide bonds. The molecule has 2 rings (SSSR count). The molecule has 0 aliphatic heterocycles. The van der Waals surface area contributed by atoms with Crippen molar-refractivity contribution < 1.29 is 14.3 Å². The van der Waals surface area contributed by atoms with E-state index in [2.05, 4.69) is 29.4 Å². The fourth-order valence-corrected chi connectivity index (χ4v) is 2.48. The van der Waals surface area contributed by atoms with Gasteiger partial charge >= 0.3 is 5.97 Å². The fourth-order valence-electron chi connectivity index (χ4n) is 2.48. The van der Waals surface area contributed by atoms with E-state index in [4.69, 9.17) is 4.74 Å². The van der Waals surface area contributed by atoms with Crippen LogP contribution in [0, 0.1) is 5.92 Å². The third-order valence-corrected chi connectivity index (χ3v) is 3.88. The second-order valence-electron chi connectivity index (χ2n) is 6.04. The quantitative estimate of drug-likeness (QED) is 0.767. The minimum atomic E-state index is -0.538. The normalized spacial score (nSPS) is 12.0. The Morgan fingerprint density at radius 3 is 2.42 bits per heavy atom. The van der Waals surface area contributed by atoms with Crippen molar-refractivity contribution in [2.45, 2.75) is 33.2 Å². The van der Waals surface area contributed by atoms with Crippen molar-refractivity contribution >= 4 is 11.9 Å². The zero-order chi connectivity index (χ0) is 17.5. The Morgan fingerprint density at radius 1 is 1.17 bits per heavy atom. The second kappa shape index (κ2) is 8.34. The molecule has 0 aliphatic rings. The molecular formula is C19H24N2O3. The maximum Gasteiger partial charge on any atom is 0.355 e. The lowest BCUT2D eigenvalue weighted by Gasteiger charge is -2.23. The number of nitrogens with one attached hydrogen (secondary N) is 2. The van der Waals surface area contributed by atoms with E-state index < -0.39 is 5.97 Å². The van der Waals surface area contributed by atoms with Crippen molar-refractivity contribution in [2.24, 2.45) is 5.92 Å². The summed E-state index contributed by atoms with van der Waals surface area (Å²) in [5, 5.41) is 2.94. The molecule has 1 aromatic carbocycles. The highest BCUT2D eigenvalue weighted by Gasteiger charge is 2.19. The van der Waals surface area contributed by atoms with Crippen LogP contribution < -0.4 is 5.32 Å². The summed E-state index contributed by atoms with van der Waals surface area (Å²) in [7, 11) is 0. The number of carbonyl (C=O) groups is 2. The van der Waals surface area contributed by atoms with Crippen molar-refractivity contribution in [2.75, 3.05) is 6.61 Å². The Hall–Kier alpha value is -2.56. The maximum absolute atomic E-state index is 12.1. The average molecular weight is 328 g/mol. The highest BCUT2D eigenvalue weighted by Crippen LogP contribution is 2.22. The van der Waals surface area contributed by atoms with Crippen LogP contribution in [-0.2, 0) is 16.0 Å². The molecule has 0 aliphatic carbocycles. The van der Waals surface area contributed by atoms with E-state index in [9.17, 15) is 9.59 Å². The first-order valence-corrected chi connectivity index (χ1v) is 8.20. The van der Waals surface area contributed by atoms with Crippen LogP contribution >= 0.6 is 0 Å². The summed E-state index contributed by atoms with van der Waals surface area (Å²) in [5.74, 6) is -0.628. The van der Waals surface area contributed by atoms with E-state index in [-0.39, 0.29) is 24.5 Å². The summed E-state index contributed by atoms with van der Waals surface area (Å²) in [6, 6.07) is 11.4. The lowest BCUT2D eigenvalue weighted by molar-refractivity contribution is -0.125. The molecule has 2 N–H and O–H groups in total. The van der Waals surface area contributed by atoms with Gasteiger partial charge in [0.1, 0.15) is 5.69 Å². The Balaban J connectivity index is 1.94. The monoisotopic (exact) mass is 328 g/mol. The fraction of sp³-hybridized carbons (Fsp3) is 0.368. The highest BCUT2D eigenvalue weighted by atomic mass is 16.5. The molecule has 24 heavy (non-hydrogen) atoms. The van der Waals surface area contributed by atoms with Crippen LogP contribution in [0.3, 0.4) is 0 Å². The minimum absolute atomic E-state index is 0.118. The molecule has 5 nitrogen and oxygen atoms in total. The zero-order valence-corrected chi connectivity index (χ0v) is 14.3. The number of aryl methyl sites for hydroxylation is 1. The number of esters is 1. The second-order valence-corrected chi connectivity index (χ2v) is 6.04. The molecule has 1 heterocycles. The number of rotatable bonds is 7. The molecule has 0 radical (unpaired) electrons. The number of amides is 1. The number of hydrogen-bond acceptors (Lipinski definition) is 3. The number of ether oxygens (including phenoxy) is 1. The van der Waals surface area contributed by atoms with Gasteiger partial charge in [0.2, 0.25) is 0 Å². The third-order valence-electron chi connectivity index (χ3n) is 3.88. The molecule has 0 saturated heterocycles. The van der Waals surface area contributed by atoms with Crippen LogP contribution in [0.2, 0.25) is 0 Å². The smallest absolute Gasteiger partial charge is 0.355 e. The Kier molecular flexibility index (Phi) is 6.18. The third kappa shape index (κ3) is 4.72. The van der Waals surface area contributed by atoms with Crippen LogP contribution in [0.4, 0.5) is 0 Å². The van der Waals surface area contributed by atoms with Gasteiger partial charge in [-0.25, -0.2) is 4.79 Å². The lowest BCUT2D eigenvalue weighted by Crippen LogP contribution is -2.35. The molecule has 0 unspecified atom stereocenters. The van der Waals surface area contributed by atoms with Crippen LogP contribution in [0.5, 0.6) is 0 Å². The first-order chi connectivity index (χ1) is 11.5. The molecule has 0 spiro atoms. The minimum Gasteiger partial charge on any atom is -0.451 e. The van der Waals surface area contributed by atoms with Crippen molar-refractivity contribution in [1.29, 1.82) is 0 Å². The molecule has 1 atom stereocenters. The maximum atomic E-state index is 12.1. The van der Waals surface area contributed by atoms with Gasteiger partial charge in [0.05, 0.1) is 6.04 Å². The molecule has 5 heteroatoms. The standard InChI is InChI=1S/C19H24N2O3/c1-4-14-7-9-15(10-8-14)18(13(2)3)21-17(22)12-24-19(23)16-6-5-11-20-16/h5-11,13,18,20H,4,12H2,1-3H3,(H,21,22)/t18-/m1/s1. The van der Waals surface area contributed by atoms with Gasteiger partial charge in [-0.05, 0) is 35.6 Å². The molecule has 2 aromatic rings. The summed E-state index contributed by atoms with van der Waals surface area (Å²) < 4.78 is 5.02. The number of benzene rings is 1. The van der Waals surface area contributed by atoms with Crippen molar-refractivity contribution in [3.8, 4) is 0 Å². The van der Waals surface area contributed by atoms with Crippen LogP contribution in [-0.4, -0.2) is 23.5 Å². The van der Waals surface area contributed by atoms with Crippen LogP contribution in [0.15, 0.2) is 42.6 Å². The summed E-state index contributed by atoms with van der Waals surface area (Å²) in [5.41, 5.74) is 2.64. The Labute approximate surface area is 142 Å². The Bertz CT molecular complexity index is 660. The van der Waals surface area contributed by atoms with E-state index >= 15 is 0 Å². The van der Waals surface area contributed by atoms with Gasteiger partial charge in [0, 0.05) is 6.20 Å². The summed E-state index contributed by atoms with van der Waals surface area (Å²) in [6.45, 7) is 5.90. The number of aromatic amines is 1. The van der Waals surface area contributed by atoms with Gasteiger partial charge in [0.15, 0.2) is 6.61 Å². The highest BCUT2D eigenvalue weighted by molar-refractivity contribution is 5.89. The first kappa shape index (κ1) is 17.8. The molecule has 0 fully saturated rings. The Morgan fingerprint density at radius 2 is 1.88 bits per heavy atom. The molecule has 0 saturated carbocycles. The van der Waals surface area contributed by atoms with Gasteiger partial charge in [-0.1, -0.05) is 45.0 Å². The van der Waals surface area contributed by atoms with Gasteiger partial charge in [-0.15, -0.1) is 0 Å². The molecule has 1 aromatic heterocycles. The van der Waals surface area contributed by atoms with E-state index in [0.717, 1.165) is 12.0 Å². The van der Waals surface area contributed by atoms with Gasteiger partial charge in [-0.3, -0.25) is 4.79 Å². The summed E-state index contributed by atoms with van der Waals surface area (Å²) in [6.07, 6.45) is 2.61. The lowest BCUT2D eigenvalue weighted by atomic mass is 9.95. The molecule has 128 valence electrons. The van der Waals surface area contributed by atoms with E-state index in [1.165, 1.54) is 5.56 Å². The van der Waals surface area contributed by atoms with Crippen LogP contribution in [0.25, 0.3) is 0 Å². The predicted molar refractivity (Wildman–Crippen MR) is 92.6 cm³/mol. The van der Waals surface area contributed by atoms with Gasteiger partial charge < -0.3 is 15.0 Å². The number of hydrogen-bond donors (Lipinski definition) is 2. The number of aromatic nitrogens is 1. The molecular weight excluding hydrogens is 304 g/mol. The van der Waals surface area contributed by atoms with Crippen molar-refractivity contribution in [3.05, 3.63) is 59.4 Å². The van der Waals surface area contributed by atoms with E-state index in [1.54, 1.807) is 18.3 Å². The van der Waals surface area contributed by atoms with Crippen LogP contribution in [0.1, 0.15) is 48.4 Å². The van der Waals surface area contributed by atoms with Crippen molar-refractivity contribution in [1.82, 2.24) is 10.3 Å². The zero-order valence-electron chi connectivity index (χ0n) is 14.3. The van der Waals surface area contributed by atoms with Gasteiger partial charge in [0.25, 0.3) is 5.91 Å². The molecule has 0 bridgehead atoms. The number of H-pyrrole nitrogens is 1. The van der Waals surface area contributed by atoms with E-state index in [1.807, 2.05) is 26.0 Å². The first-order valence-electron chi connectivity index (χ1n) is 8.20. The topological polar surface area (TPSA) is 71.2 Å².